The monoisotopic (exact) mass is 299 g/mol. The first kappa shape index (κ1) is 14.8. The van der Waals surface area contributed by atoms with Crippen molar-refractivity contribution in [2.24, 2.45) is 0 Å². The van der Waals surface area contributed by atoms with E-state index < -0.39 is 0 Å². The first-order valence-electron chi connectivity index (χ1n) is 7.68. The Morgan fingerprint density at radius 3 is 2.86 bits per heavy atom. The molecule has 1 atom stereocenters. The summed E-state index contributed by atoms with van der Waals surface area (Å²) in [6.45, 7) is 3.92. The maximum Gasteiger partial charge on any atom is 0.274 e. The summed E-state index contributed by atoms with van der Waals surface area (Å²) in [5.74, 6) is -0.0178. The minimum Gasteiger partial charge on any atom is -0.379 e. The molecule has 2 heterocycles. The van der Waals surface area contributed by atoms with Crippen LogP contribution >= 0.6 is 0 Å². The average molecular weight is 299 g/mol. The molecule has 22 heavy (non-hydrogen) atoms. The lowest BCUT2D eigenvalue weighted by atomic mass is 10.1. The Morgan fingerprint density at radius 2 is 2.23 bits per heavy atom. The van der Waals surface area contributed by atoms with Gasteiger partial charge in [0, 0.05) is 18.8 Å². The molecule has 1 fully saturated rings. The molecule has 2 aromatic rings. The third-order valence-corrected chi connectivity index (χ3v) is 4.02. The van der Waals surface area contributed by atoms with Gasteiger partial charge in [-0.05, 0) is 31.4 Å². The largest absolute Gasteiger partial charge is 0.379 e. The minimum atomic E-state index is -0.0178. The van der Waals surface area contributed by atoms with Gasteiger partial charge in [0.05, 0.1) is 12.6 Å². The van der Waals surface area contributed by atoms with Gasteiger partial charge in [-0.25, -0.2) is 0 Å². The van der Waals surface area contributed by atoms with Crippen molar-refractivity contribution in [1.29, 1.82) is 0 Å². The van der Waals surface area contributed by atoms with E-state index in [0.717, 1.165) is 25.1 Å². The summed E-state index contributed by atoms with van der Waals surface area (Å²) in [6.07, 6.45) is 1.73. The second-order valence-electron chi connectivity index (χ2n) is 5.69. The van der Waals surface area contributed by atoms with Crippen LogP contribution < -0.4 is 0 Å². The van der Waals surface area contributed by atoms with Gasteiger partial charge in [0.2, 0.25) is 0 Å². The fraction of sp³-hybridized carbons (Fsp3) is 0.412. The van der Waals surface area contributed by atoms with E-state index in [4.69, 9.17) is 4.74 Å². The molecule has 1 N–H and O–H groups in total. The summed E-state index contributed by atoms with van der Waals surface area (Å²) < 4.78 is 5.46. The highest BCUT2D eigenvalue weighted by Crippen LogP contribution is 2.16. The van der Waals surface area contributed by atoms with E-state index in [0.29, 0.717) is 18.8 Å². The molecular weight excluding hydrogens is 278 g/mol. The number of amides is 1. The molecule has 3 rings (SSSR count). The van der Waals surface area contributed by atoms with Crippen molar-refractivity contribution >= 4 is 5.91 Å². The zero-order valence-corrected chi connectivity index (χ0v) is 12.8. The van der Waals surface area contributed by atoms with Gasteiger partial charge in [0.25, 0.3) is 5.91 Å². The Hall–Kier alpha value is -2.14. The van der Waals surface area contributed by atoms with E-state index in [9.17, 15) is 4.79 Å². The lowest BCUT2D eigenvalue weighted by Gasteiger charge is -2.27. The van der Waals surface area contributed by atoms with Gasteiger partial charge in [-0.3, -0.25) is 9.89 Å². The predicted molar refractivity (Wildman–Crippen MR) is 83.7 cm³/mol. The Morgan fingerprint density at radius 1 is 1.41 bits per heavy atom. The van der Waals surface area contributed by atoms with Crippen molar-refractivity contribution < 1.29 is 9.53 Å². The number of rotatable bonds is 5. The van der Waals surface area contributed by atoms with Crippen molar-refractivity contribution in [3.05, 3.63) is 53.3 Å². The number of nitrogens with one attached hydrogen (secondary N) is 1. The number of carbonyl (C=O) groups excluding carboxylic acids is 1. The second kappa shape index (κ2) is 6.75. The lowest BCUT2D eigenvalue weighted by Crippen LogP contribution is -2.42. The molecule has 0 saturated carbocycles. The highest BCUT2D eigenvalue weighted by atomic mass is 16.5. The maximum absolute atomic E-state index is 12.8. The van der Waals surface area contributed by atoms with Crippen LogP contribution in [0.3, 0.4) is 0 Å². The van der Waals surface area contributed by atoms with Crippen LogP contribution in [0.4, 0.5) is 0 Å². The van der Waals surface area contributed by atoms with E-state index in [1.807, 2.05) is 30.0 Å². The van der Waals surface area contributed by atoms with E-state index >= 15 is 0 Å². The average Bonchev–Trinajstić information content (AvgIpc) is 3.20. The topological polar surface area (TPSA) is 58.2 Å². The molecule has 1 aromatic carbocycles. The van der Waals surface area contributed by atoms with Crippen LogP contribution in [0.1, 0.15) is 28.2 Å². The Kier molecular flexibility index (Phi) is 4.53. The van der Waals surface area contributed by atoms with Crippen molar-refractivity contribution in [3.63, 3.8) is 0 Å². The second-order valence-corrected chi connectivity index (χ2v) is 5.69. The zero-order valence-electron chi connectivity index (χ0n) is 12.8. The molecule has 5 heteroatoms. The number of hydrogen-bond donors (Lipinski definition) is 1. The van der Waals surface area contributed by atoms with Gasteiger partial charge in [-0.1, -0.05) is 30.3 Å². The van der Waals surface area contributed by atoms with E-state index in [-0.39, 0.29) is 11.9 Å². The van der Waals surface area contributed by atoms with Crippen LogP contribution in [0, 0.1) is 6.92 Å². The first-order chi connectivity index (χ1) is 10.7. The molecular formula is C17H21N3O2. The number of hydrogen-bond acceptors (Lipinski definition) is 3. The molecule has 1 aliphatic heterocycles. The van der Waals surface area contributed by atoms with Crippen molar-refractivity contribution in [1.82, 2.24) is 15.1 Å². The van der Waals surface area contributed by atoms with Crippen LogP contribution in [0.5, 0.6) is 0 Å². The third-order valence-electron chi connectivity index (χ3n) is 4.02. The quantitative estimate of drug-likeness (QED) is 0.920. The number of nitrogens with zero attached hydrogens (tertiary/aromatic N) is 2. The van der Waals surface area contributed by atoms with Crippen LogP contribution in [-0.2, 0) is 11.2 Å². The predicted octanol–water partition coefficient (Wildman–Crippen LogP) is 2.19. The molecule has 0 spiro atoms. The zero-order chi connectivity index (χ0) is 15.4. The number of aromatic nitrogens is 2. The highest BCUT2D eigenvalue weighted by Gasteiger charge is 2.29. The third kappa shape index (κ3) is 3.36. The Labute approximate surface area is 130 Å². The minimum absolute atomic E-state index is 0.0178. The van der Waals surface area contributed by atoms with Gasteiger partial charge < -0.3 is 9.64 Å². The van der Waals surface area contributed by atoms with Crippen LogP contribution in [0.15, 0.2) is 36.4 Å². The SMILES string of the molecule is Cc1cc(C(=O)N(CCc2ccccc2)C2CCOC2)n[nH]1. The van der Waals surface area contributed by atoms with Gasteiger partial charge in [-0.2, -0.15) is 5.10 Å². The summed E-state index contributed by atoms with van der Waals surface area (Å²) >= 11 is 0. The lowest BCUT2D eigenvalue weighted by molar-refractivity contribution is 0.0650. The fourth-order valence-corrected chi connectivity index (χ4v) is 2.79. The molecule has 5 nitrogen and oxygen atoms in total. The molecule has 1 saturated heterocycles. The number of aryl methyl sites for hydroxylation is 1. The number of aromatic amines is 1. The molecule has 1 aromatic heterocycles. The van der Waals surface area contributed by atoms with Gasteiger partial charge in [0.1, 0.15) is 5.69 Å². The number of benzene rings is 1. The highest BCUT2D eigenvalue weighted by molar-refractivity contribution is 5.92. The van der Waals surface area contributed by atoms with E-state index in [1.54, 1.807) is 6.07 Å². The number of carbonyl (C=O) groups is 1. The van der Waals surface area contributed by atoms with E-state index in [1.165, 1.54) is 5.56 Å². The molecule has 1 amide bonds. The normalized spacial score (nSPS) is 17.6. The molecule has 0 bridgehead atoms. The molecule has 116 valence electrons. The first-order valence-corrected chi connectivity index (χ1v) is 7.68. The number of ether oxygens (including phenoxy) is 1. The van der Waals surface area contributed by atoms with Crippen molar-refractivity contribution in [2.45, 2.75) is 25.8 Å². The maximum atomic E-state index is 12.8. The van der Waals surface area contributed by atoms with Gasteiger partial charge in [0.15, 0.2) is 0 Å². The molecule has 1 aliphatic rings. The summed E-state index contributed by atoms with van der Waals surface area (Å²) in [7, 11) is 0. The standard InChI is InChI=1S/C17H21N3O2/c1-13-11-16(19-18-13)17(21)20(15-8-10-22-12-15)9-7-14-5-3-2-4-6-14/h2-6,11,15H,7-10,12H2,1H3,(H,18,19). The van der Waals surface area contributed by atoms with Crippen LogP contribution in [-0.4, -0.2) is 46.8 Å². The van der Waals surface area contributed by atoms with Crippen molar-refractivity contribution in [3.8, 4) is 0 Å². The Bertz CT molecular complexity index is 618. The van der Waals surface area contributed by atoms with Gasteiger partial charge in [-0.15, -0.1) is 0 Å². The Balaban J connectivity index is 1.73. The summed E-state index contributed by atoms with van der Waals surface area (Å²) in [6, 6.07) is 12.2. The molecule has 0 aliphatic carbocycles. The summed E-state index contributed by atoms with van der Waals surface area (Å²) in [5, 5.41) is 6.95. The summed E-state index contributed by atoms with van der Waals surface area (Å²) in [5.41, 5.74) is 2.61. The van der Waals surface area contributed by atoms with Gasteiger partial charge >= 0.3 is 0 Å². The smallest absolute Gasteiger partial charge is 0.274 e. The summed E-state index contributed by atoms with van der Waals surface area (Å²) in [4.78, 5) is 14.7. The van der Waals surface area contributed by atoms with E-state index in [2.05, 4.69) is 22.3 Å². The van der Waals surface area contributed by atoms with Crippen LogP contribution in [0.25, 0.3) is 0 Å². The van der Waals surface area contributed by atoms with Crippen molar-refractivity contribution in [2.75, 3.05) is 19.8 Å². The molecule has 0 radical (unpaired) electrons. The fourth-order valence-electron chi connectivity index (χ4n) is 2.79. The number of H-pyrrole nitrogens is 1. The van der Waals surface area contributed by atoms with Crippen LogP contribution in [0.2, 0.25) is 0 Å². The molecule has 1 unspecified atom stereocenters.